The standard InChI is InChI=1S/C15H15Cl2NO4/c16-11-2-1-8(5-12(11)17)9-6-10(9)14(19)18-3-4-22-7-13(18)15(20)21/h1-2,5,9-10,13H,3-4,6-7H2,(H,20,21). The lowest BCUT2D eigenvalue weighted by Gasteiger charge is -2.33. The molecule has 1 aliphatic carbocycles. The average Bonchev–Trinajstić information content (AvgIpc) is 3.30. The molecule has 2 fully saturated rings. The lowest BCUT2D eigenvalue weighted by atomic mass is 10.1. The van der Waals surface area contributed by atoms with Gasteiger partial charge in [0.1, 0.15) is 0 Å². The second kappa shape index (κ2) is 6.07. The highest BCUT2D eigenvalue weighted by atomic mass is 35.5. The van der Waals surface area contributed by atoms with Crippen molar-refractivity contribution in [2.45, 2.75) is 18.4 Å². The summed E-state index contributed by atoms with van der Waals surface area (Å²) in [6.07, 6.45) is 0.709. The van der Waals surface area contributed by atoms with Crippen LogP contribution in [0.1, 0.15) is 17.9 Å². The van der Waals surface area contributed by atoms with Crippen molar-refractivity contribution in [3.8, 4) is 0 Å². The van der Waals surface area contributed by atoms with Gasteiger partial charge in [0.15, 0.2) is 6.04 Å². The van der Waals surface area contributed by atoms with E-state index in [-0.39, 0.29) is 24.3 Å². The normalized spacial score (nSPS) is 27.5. The second-order valence-electron chi connectivity index (χ2n) is 5.58. The van der Waals surface area contributed by atoms with E-state index in [2.05, 4.69) is 0 Å². The van der Waals surface area contributed by atoms with Crippen LogP contribution in [0, 0.1) is 5.92 Å². The number of halogens is 2. The summed E-state index contributed by atoms with van der Waals surface area (Å²) in [6, 6.07) is 4.46. The number of rotatable bonds is 3. The summed E-state index contributed by atoms with van der Waals surface area (Å²) in [5.74, 6) is -1.25. The molecule has 0 aromatic heterocycles. The molecule has 0 spiro atoms. The summed E-state index contributed by atoms with van der Waals surface area (Å²) in [4.78, 5) is 25.2. The summed E-state index contributed by atoms with van der Waals surface area (Å²) in [7, 11) is 0. The molecule has 22 heavy (non-hydrogen) atoms. The van der Waals surface area contributed by atoms with E-state index in [0.717, 1.165) is 5.56 Å². The monoisotopic (exact) mass is 343 g/mol. The molecule has 5 nitrogen and oxygen atoms in total. The van der Waals surface area contributed by atoms with Crippen molar-refractivity contribution in [2.75, 3.05) is 19.8 Å². The molecule has 1 aromatic rings. The first kappa shape index (κ1) is 15.6. The van der Waals surface area contributed by atoms with Crippen LogP contribution in [0.5, 0.6) is 0 Å². The molecule has 1 N–H and O–H groups in total. The van der Waals surface area contributed by atoms with Gasteiger partial charge in [-0.15, -0.1) is 0 Å². The molecule has 1 aromatic carbocycles. The summed E-state index contributed by atoms with van der Waals surface area (Å²) >= 11 is 11.9. The molecule has 3 unspecified atom stereocenters. The molecule has 7 heteroatoms. The SMILES string of the molecule is O=C(O)C1COCCN1C(=O)C1CC1c1ccc(Cl)c(Cl)c1. The van der Waals surface area contributed by atoms with Crippen LogP contribution in [0.3, 0.4) is 0 Å². The Labute approximate surface area is 137 Å². The first-order valence-electron chi connectivity index (χ1n) is 7.05. The molecule has 1 amide bonds. The number of ether oxygens (including phenoxy) is 1. The molecule has 118 valence electrons. The van der Waals surface area contributed by atoms with Crippen molar-refractivity contribution in [2.24, 2.45) is 5.92 Å². The highest BCUT2D eigenvalue weighted by molar-refractivity contribution is 6.42. The fraction of sp³-hybridized carbons (Fsp3) is 0.467. The number of carbonyl (C=O) groups is 2. The van der Waals surface area contributed by atoms with Crippen LogP contribution >= 0.6 is 23.2 Å². The van der Waals surface area contributed by atoms with Crippen LogP contribution in [0.15, 0.2) is 18.2 Å². The Balaban J connectivity index is 1.71. The number of hydrogen-bond acceptors (Lipinski definition) is 3. The summed E-state index contributed by atoms with van der Waals surface area (Å²) in [6.45, 7) is 0.741. The van der Waals surface area contributed by atoms with Crippen molar-refractivity contribution in [3.05, 3.63) is 33.8 Å². The molecule has 1 aliphatic heterocycles. The zero-order valence-electron chi connectivity index (χ0n) is 11.7. The van der Waals surface area contributed by atoms with E-state index >= 15 is 0 Å². The Morgan fingerprint density at radius 1 is 1.27 bits per heavy atom. The van der Waals surface area contributed by atoms with Crippen molar-refractivity contribution < 1.29 is 19.4 Å². The molecule has 1 saturated carbocycles. The van der Waals surface area contributed by atoms with Crippen LogP contribution in [-0.4, -0.2) is 47.7 Å². The third-order valence-corrected chi connectivity index (χ3v) is 4.92. The summed E-state index contributed by atoms with van der Waals surface area (Å²) in [5.41, 5.74) is 0.966. The number of carboxylic acids is 1. The molecule has 0 bridgehead atoms. The number of hydrogen-bond donors (Lipinski definition) is 1. The zero-order chi connectivity index (χ0) is 15.9. The van der Waals surface area contributed by atoms with Gasteiger partial charge in [-0.1, -0.05) is 29.3 Å². The van der Waals surface area contributed by atoms with Gasteiger partial charge < -0.3 is 14.7 Å². The largest absolute Gasteiger partial charge is 0.480 e. The van der Waals surface area contributed by atoms with Gasteiger partial charge in [0, 0.05) is 12.5 Å². The van der Waals surface area contributed by atoms with Gasteiger partial charge in [-0.05, 0) is 30.0 Å². The van der Waals surface area contributed by atoms with E-state index in [1.807, 2.05) is 6.07 Å². The highest BCUT2D eigenvalue weighted by Gasteiger charge is 2.48. The number of morpholine rings is 1. The van der Waals surface area contributed by atoms with E-state index in [4.69, 9.17) is 27.9 Å². The van der Waals surface area contributed by atoms with Crippen LogP contribution < -0.4 is 0 Å². The maximum atomic E-state index is 12.6. The first-order chi connectivity index (χ1) is 10.5. The molecular weight excluding hydrogens is 329 g/mol. The third-order valence-electron chi connectivity index (χ3n) is 4.18. The highest BCUT2D eigenvalue weighted by Crippen LogP contribution is 2.49. The topological polar surface area (TPSA) is 66.8 Å². The molecule has 2 aliphatic rings. The Bertz CT molecular complexity index is 622. The molecule has 3 atom stereocenters. The van der Waals surface area contributed by atoms with E-state index in [1.165, 1.54) is 4.90 Å². The van der Waals surface area contributed by atoms with E-state index in [9.17, 15) is 14.7 Å². The number of amides is 1. The summed E-state index contributed by atoms with van der Waals surface area (Å²) < 4.78 is 5.16. The minimum atomic E-state index is -1.03. The third kappa shape index (κ3) is 2.93. The molecule has 1 heterocycles. The Hall–Kier alpha value is -1.30. The number of carboxylic acid groups (broad SMARTS) is 1. The van der Waals surface area contributed by atoms with Crippen LogP contribution in [0.2, 0.25) is 10.0 Å². The number of benzene rings is 1. The maximum absolute atomic E-state index is 12.6. The van der Waals surface area contributed by atoms with Gasteiger partial charge in [0.25, 0.3) is 0 Å². The van der Waals surface area contributed by atoms with E-state index in [0.29, 0.717) is 29.6 Å². The molecule has 0 radical (unpaired) electrons. The van der Waals surface area contributed by atoms with Gasteiger partial charge in [0.2, 0.25) is 5.91 Å². The fourth-order valence-corrected chi connectivity index (χ4v) is 3.17. The van der Waals surface area contributed by atoms with E-state index in [1.54, 1.807) is 12.1 Å². The predicted molar refractivity (Wildman–Crippen MR) is 81.3 cm³/mol. The lowest BCUT2D eigenvalue weighted by Crippen LogP contribution is -2.53. The first-order valence-corrected chi connectivity index (χ1v) is 7.80. The zero-order valence-corrected chi connectivity index (χ0v) is 13.2. The lowest BCUT2D eigenvalue weighted by molar-refractivity contribution is -0.158. The van der Waals surface area contributed by atoms with E-state index < -0.39 is 12.0 Å². The fourth-order valence-electron chi connectivity index (χ4n) is 2.86. The smallest absolute Gasteiger partial charge is 0.328 e. The van der Waals surface area contributed by atoms with Crippen molar-refractivity contribution in [3.63, 3.8) is 0 Å². The summed E-state index contributed by atoms with van der Waals surface area (Å²) in [5, 5.41) is 10.1. The molecule has 1 saturated heterocycles. The predicted octanol–water partition coefficient (Wildman–Crippen LogP) is 2.41. The van der Waals surface area contributed by atoms with Gasteiger partial charge in [-0.2, -0.15) is 0 Å². The van der Waals surface area contributed by atoms with Crippen molar-refractivity contribution in [1.29, 1.82) is 0 Å². The molecular formula is C15H15Cl2NO4. The quantitative estimate of drug-likeness (QED) is 0.915. The average molecular weight is 344 g/mol. The minimum Gasteiger partial charge on any atom is -0.480 e. The Morgan fingerprint density at radius 2 is 2.05 bits per heavy atom. The van der Waals surface area contributed by atoms with Crippen LogP contribution in [0.4, 0.5) is 0 Å². The van der Waals surface area contributed by atoms with Gasteiger partial charge in [0.05, 0.1) is 23.3 Å². The van der Waals surface area contributed by atoms with Crippen molar-refractivity contribution >= 4 is 35.1 Å². The number of carbonyl (C=O) groups excluding carboxylic acids is 1. The van der Waals surface area contributed by atoms with Gasteiger partial charge in [-0.3, -0.25) is 4.79 Å². The van der Waals surface area contributed by atoms with Crippen LogP contribution in [0.25, 0.3) is 0 Å². The maximum Gasteiger partial charge on any atom is 0.328 e. The number of nitrogens with zero attached hydrogens (tertiary/aromatic N) is 1. The van der Waals surface area contributed by atoms with Gasteiger partial charge >= 0.3 is 5.97 Å². The second-order valence-corrected chi connectivity index (χ2v) is 6.40. The Morgan fingerprint density at radius 3 is 2.73 bits per heavy atom. The number of aliphatic carboxylic acids is 1. The van der Waals surface area contributed by atoms with Crippen LogP contribution in [-0.2, 0) is 14.3 Å². The molecule has 3 rings (SSSR count). The Kier molecular flexibility index (Phi) is 4.30. The van der Waals surface area contributed by atoms with Gasteiger partial charge in [-0.25, -0.2) is 4.79 Å². The minimum absolute atomic E-state index is 0.0469. The van der Waals surface area contributed by atoms with Crippen molar-refractivity contribution in [1.82, 2.24) is 4.90 Å².